The normalized spacial score (nSPS) is 14.3. The fourth-order valence-corrected chi connectivity index (χ4v) is 0.405. The van der Waals surface area contributed by atoms with Gasteiger partial charge in [0.15, 0.2) is 5.72 Å². The molecule has 1 unspecified atom stereocenters. The number of ether oxygens (including phenoxy) is 1. The largest absolute Gasteiger partial charge is 0.441 e. The topological polar surface area (TPSA) is 52.3 Å². The molecule has 78 valence electrons. The highest BCUT2D eigenvalue weighted by molar-refractivity contribution is 5.87. The number of hydrogen-bond acceptors (Lipinski definition) is 3. The van der Waals surface area contributed by atoms with Crippen molar-refractivity contribution in [3.05, 3.63) is 12.2 Å². The number of halogens is 1. The molecule has 0 amide bonds. The molecule has 0 aromatic carbocycles. The Morgan fingerprint density at radius 3 is 2.15 bits per heavy atom. The van der Waals surface area contributed by atoms with Crippen LogP contribution in [0.15, 0.2) is 12.2 Å². The molecule has 2 N–H and O–H groups in total. The molecule has 0 radical (unpaired) electrons. The van der Waals surface area contributed by atoms with Crippen molar-refractivity contribution in [1.29, 1.82) is 0 Å². The summed E-state index contributed by atoms with van der Waals surface area (Å²) in [4.78, 5) is 11.1. The van der Waals surface area contributed by atoms with Gasteiger partial charge in [-0.3, -0.25) is 5.73 Å². The molecule has 0 rings (SSSR count). The molecule has 0 spiro atoms. The van der Waals surface area contributed by atoms with E-state index >= 15 is 0 Å². The molecule has 1 atom stereocenters. The highest BCUT2D eigenvalue weighted by Gasteiger charge is 2.27. The van der Waals surface area contributed by atoms with E-state index in [2.05, 4.69) is 6.58 Å². The van der Waals surface area contributed by atoms with Crippen molar-refractivity contribution in [1.82, 2.24) is 0 Å². The number of rotatable bonds is 3. The fraction of sp³-hybridized carbons (Fsp3) is 0.667. The first-order valence-electron chi connectivity index (χ1n) is 3.95. The molecule has 0 fully saturated rings. The maximum absolute atomic E-state index is 11.1. The average molecular weight is 208 g/mol. The van der Waals surface area contributed by atoms with E-state index in [0.717, 1.165) is 0 Å². The van der Waals surface area contributed by atoms with Gasteiger partial charge in [0.05, 0.1) is 0 Å². The molecule has 0 saturated carbocycles. The van der Waals surface area contributed by atoms with Crippen LogP contribution in [0.4, 0.5) is 0 Å². The first kappa shape index (κ1) is 15.0. The Balaban J connectivity index is 0. The zero-order chi connectivity index (χ0) is 9.94. The van der Waals surface area contributed by atoms with Crippen molar-refractivity contribution in [2.45, 2.75) is 33.4 Å². The average Bonchev–Trinajstić information content (AvgIpc) is 1.85. The van der Waals surface area contributed by atoms with Gasteiger partial charge in [0.25, 0.3) is 0 Å². The van der Waals surface area contributed by atoms with Crippen molar-refractivity contribution >= 4 is 18.4 Å². The van der Waals surface area contributed by atoms with E-state index in [0.29, 0.717) is 5.57 Å². The van der Waals surface area contributed by atoms with Crippen LogP contribution in [0.2, 0.25) is 0 Å². The Morgan fingerprint density at radius 2 is 1.92 bits per heavy atom. The van der Waals surface area contributed by atoms with Crippen molar-refractivity contribution < 1.29 is 9.53 Å². The SMILES string of the molecule is C=C(C)C(=O)OC(C)(N)C(C)C.Cl. The van der Waals surface area contributed by atoms with Crippen LogP contribution in [0.5, 0.6) is 0 Å². The minimum atomic E-state index is -0.907. The van der Waals surface area contributed by atoms with Gasteiger partial charge in [-0.05, 0) is 13.8 Å². The van der Waals surface area contributed by atoms with E-state index < -0.39 is 11.7 Å². The Bertz CT molecular complexity index is 200. The van der Waals surface area contributed by atoms with Crippen LogP contribution in [0.25, 0.3) is 0 Å². The minimum Gasteiger partial charge on any atom is -0.441 e. The molecule has 3 nitrogen and oxygen atoms in total. The van der Waals surface area contributed by atoms with E-state index in [4.69, 9.17) is 10.5 Å². The molecule has 0 aromatic rings. The third-order valence-corrected chi connectivity index (χ3v) is 1.81. The van der Waals surface area contributed by atoms with Crippen molar-refractivity contribution in [3.8, 4) is 0 Å². The summed E-state index contributed by atoms with van der Waals surface area (Å²) < 4.78 is 5.00. The molecule has 0 saturated heterocycles. The third-order valence-electron chi connectivity index (χ3n) is 1.81. The van der Waals surface area contributed by atoms with Gasteiger partial charge in [-0.25, -0.2) is 4.79 Å². The summed E-state index contributed by atoms with van der Waals surface area (Å²) in [6.45, 7) is 10.5. The Kier molecular flexibility index (Phi) is 6.04. The molecular weight excluding hydrogens is 190 g/mol. The van der Waals surface area contributed by atoms with Crippen LogP contribution in [-0.2, 0) is 9.53 Å². The predicted molar refractivity (Wildman–Crippen MR) is 55.6 cm³/mol. The first-order chi connectivity index (χ1) is 5.27. The summed E-state index contributed by atoms with van der Waals surface area (Å²) in [5.74, 6) is -0.352. The summed E-state index contributed by atoms with van der Waals surface area (Å²) in [7, 11) is 0. The lowest BCUT2D eigenvalue weighted by molar-refractivity contribution is -0.156. The van der Waals surface area contributed by atoms with Gasteiger partial charge < -0.3 is 4.74 Å². The lowest BCUT2D eigenvalue weighted by Gasteiger charge is -2.28. The number of carbonyl (C=O) groups is 1. The number of nitrogens with two attached hydrogens (primary N) is 1. The summed E-state index contributed by atoms with van der Waals surface area (Å²) in [5.41, 5.74) is 5.18. The van der Waals surface area contributed by atoms with Crippen molar-refractivity contribution in [2.75, 3.05) is 0 Å². The molecular formula is C9H18ClNO2. The van der Waals surface area contributed by atoms with Gasteiger partial charge >= 0.3 is 5.97 Å². The summed E-state index contributed by atoms with van der Waals surface area (Å²) in [5, 5.41) is 0. The summed E-state index contributed by atoms with van der Waals surface area (Å²) in [6.07, 6.45) is 0. The molecule has 0 bridgehead atoms. The lowest BCUT2D eigenvalue weighted by Crippen LogP contribution is -2.46. The Labute approximate surface area is 85.7 Å². The molecule has 0 aliphatic carbocycles. The second-order valence-electron chi connectivity index (χ2n) is 3.51. The highest BCUT2D eigenvalue weighted by Crippen LogP contribution is 2.15. The number of carbonyl (C=O) groups excluding carboxylic acids is 1. The van der Waals surface area contributed by atoms with E-state index in [1.165, 1.54) is 0 Å². The monoisotopic (exact) mass is 207 g/mol. The van der Waals surface area contributed by atoms with Crippen LogP contribution in [0, 0.1) is 5.92 Å². The van der Waals surface area contributed by atoms with Gasteiger partial charge in [-0.2, -0.15) is 0 Å². The molecule has 0 heterocycles. The first-order valence-corrected chi connectivity index (χ1v) is 3.95. The van der Waals surface area contributed by atoms with Crippen LogP contribution in [0.1, 0.15) is 27.7 Å². The predicted octanol–water partition coefficient (Wildman–Crippen LogP) is 1.86. The zero-order valence-corrected chi connectivity index (χ0v) is 9.40. The van der Waals surface area contributed by atoms with Crippen LogP contribution < -0.4 is 5.73 Å². The van der Waals surface area contributed by atoms with Gasteiger partial charge in [0.1, 0.15) is 0 Å². The Morgan fingerprint density at radius 1 is 1.54 bits per heavy atom. The fourth-order valence-electron chi connectivity index (χ4n) is 0.405. The number of hydrogen-bond donors (Lipinski definition) is 1. The zero-order valence-electron chi connectivity index (χ0n) is 8.59. The molecule has 0 aromatic heterocycles. The van der Waals surface area contributed by atoms with Gasteiger partial charge in [0, 0.05) is 11.5 Å². The summed E-state index contributed by atoms with van der Waals surface area (Å²) >= 11 is 0. The smallest absolute Gasteiger partial charge is 0.334 e. The standard InChI is InChI=1S/C9H17NO2.ClH/c1-6(2)8(11)12-9(5,10)7(3)4;/h7H,1,10H2,2-5H3;1H. The van der Waals surface area contributed by atoms with Crippen LogP contribution in [-0.4, -0.2) is 11.7 Å². The lowest BCUT2D eigenvalue weighted by atomic mass is 10.0. The quantitative estimate of drug-likeness (QED) is 0.437. The van der Waals surface area contributed by atoms with E-state index in [-0.39, 0.29) is 18.3 Å². The van der Waals surface area contributed by atoms with E-state index in [9.17, 15) is 4.79 Å². The van der Waals surface area contributed by atoms with Gasteiger partial charge in [-0.1, -0.05) is 20.4 Å². The maximum atomic E-state index is 11.1. The summed E-state index contributed by atoms with van der Waals surface area (Å²) in [6, 6.07) is 0. The van der Waals surface area contributed by atoms with Crippen molar-refractivity contribution in [2.24, 2.45) is 11.7 Å². The van der Waals surface area contributed by atoms with Crippen molar-refractivity contribution in [3.63, 3.8) is 0 Å². The number of esters is 1. The minimum absolute atomic E-state index is 0. The van der Waals surface area contributed by atoms with E-state index in [1.54, 1.807) is 13.8 Å². The van der Waals surface area contributed by atoms with Crippen LogP contribution in [0.3, 0.4) is 0 Å². The second-order valence-corrected chi connectivity index (χ2v) is 3.51. The Hall–Kier alpha value is -0.540. The van der Waals surface area contributed by atoms with Gasteiger partial charge in [-0.15, -0.1) is 12.4 Å². The van der Waals surface area contributed by atoms with Crippen LogP contribution >= 0.6 is 12.4 Å². The highest BCUT2D eigenvalue weighted by atomic mass is 35.5. The third kappa shape index (κ3) is 4.90. The molecule has 0 aliphatic rings. The van der Waals surface area contributed by atoms with E-state index in [1.807, 2.05) is 13.8 Å². The molecule has 4 heteroatoms. The second kappa shape index (κ2) is 5.25. The molecule has 13 heavy (non-hydrogen) atoms. The maximum Gasteiger partial charge on any atom is 0.334 e. The van der Waals surface area contributed by atoms with Gasteiger partial charge in [0.2, 0.25) is 0 Å². The molecule has 0 aliphatic heterocycles.